The fraction of sp³-hybridized carbons (Fsp3) is 0.214. The van der Waals surface area contributed by atoms with Gasteiger partial charge in [0.2, 0.25) is 0 Å². The van der Waals surface area contributed by atoms with Crippen molar-refractivity contribution in [3.63, 3.8) is 0 Å². The quantitative estimate of drug-likeness (QED) is 0.857. The van der Waals surface area contributed by atoms with Gasteiger partial charge in [-0.2, -0.15) is 0 Å². The summed E-state index contributed by atoms with van der Waals surface area (Å²) < 4.78 is 1.09. The molecule has 1 amide bonds. The number of halogens is 2. The Morgan fingerprint density at radius 2 is 2.15 bits per heavy atom. The third kappa shape index (κ3) is 3.53. The molecule has 1 N–H and O–H groups in total. The lowest BCUT2D eigenvalue weighted by Crippen LogP contribution is -2.22. The minimum absolute atomic E-state index is 0.101. The Labute approximate surface area is 135 Å². The van der Waals surface area contributed by atoms with Crippen LogP contribution in [0.25, 0.3) is 0 Å². The largest absolute Gasteiger partial charge is 0.380 e. The number of amides is 1. The Hall–Kier alpha value is -1.04. The second-order valence-electron chi connectivity index (χ2n) is 4.44. The molecule has 3 nitrogen and oxygen atoms in total. The zero-order chi connectivity index (χ0) is 14.7. The maximum absolute atomic E-state index is 12.0. The van der Waals surface area contributed by atoms with Crippen molar-refractivity contribution < 1.29 is 4.79 Å². The van der Waals surface area contributed by atoms with Gasteiger partial charge in [-0.05, 0) is 45.6 Å². The first-order valence-electron chi connectivity index (χ1n) is 5.96. The summed E-state index contributed by atoms with van der Waals surface area (Å²) in [6, 6.07) is 7.41. The monoisotopic (exact) mass is 372 g/mol. The lowest BCUT2D eigenvalue weighted by molar-refractivity contribution is 0.0828. The Morgan fingerprint density at radius 1 is 1.40 bits per heavy atom. The van der Waals surface area contributed by atoms with E-state index >= 15 is 0 Å². The molecule has 20 heavy (non-hydrogen) atoms. The van der Waals surface area contributed by atoms with E-state index < -0.39 is 0 Å². The van der Waals surface area contributed by atoms with E-state index in [0.29, 0.717) is 17.1 Å². The van der Waals surface area contributed by atoms with Crippen molar-refractivity contribution in [2.45, 2.75) is 6.54 Å². The molecule has 1 heterocycles. The molecule has 0 aliphatic rings. The summed E-state index contributed by atoms with van der Waals surface area (Å²) in [7, 11) is 3.42. The topological polar surface area (TPSA) is 32.3 Å². The zero-order valence-corrected chi connectivity index (χ0v) is 14.3. The van der Waals surface area contributed by atoms with Gasteiger partial charge >= 0.3 is 0 Å². The van der Waals surface area contributed by atoms with Crippen LogP contribution < -0.4 is 5.32 Å². The van der Waals surface area contributed by atoms with E-state index in [-0.39, 0.29) is 5.91 Å². The van der Waals surface area contributed by atoms with Crippen LogP contribution in [0.1, 0.15) is 15.2 Å². The number of carbonyl (C=O) groups is 1. The predicted molar refractivity (Wildman–Crippen MR) is 88.8 cm³/mol. The molecular formula is C14H14BrClN2OS. The first-order valence-corrected chi connectivity index (χ1v) is 8.01. The highest BCUT2D eigenvalue weighted by Gasteiger charge is 2.13. The Morgan fingerprint density at radius 3 is 2.75 bits per heavy atom. The SMILES string of the molecule is CN(C)C(=O)c1cc(NCc2sccc2Br)ccc1Cl. The van der Waals surface area contributed by atoms with Crippen LogP contribution >= 0.6 is 38.9 Å². The highest BCUT2D eigenvalue weighted by Crippen LogP contribution is 2.25. The molecule has 2 rings (SSSR count). The fourth-order valence-corrected chi connectivity index (χ4v) is 3.30. The number of carbonyl (C=O) groups excluding carboxylic acids is 1. The third-order valence-corrected chi connectivity index (χ3v) is 5.00. The van der Waals surface area contributed by atoms with Gasteiger partial charge in [0.05, 0.1) is 17.1 Å². The molecule has 0 saturated heterocycles. The van der Waals surface area contributed by atoms with Gasteiger partial charge in [-0.15, -0.1) is 11.3 Å². The number of rotatable bonds is 4. The number of nitrogens with zero attached hydrogens (tertiary/aromatic N) is 1. The molecule has 0 spiro atoms. The second kappa shape index (κ2) is 6.61. The van der Waals surface area contributed by atoms with Gasteiger partial charge in [-0.1, -0.05) is 11.6 Å². The zero-order valence-electron chi connectivity index (χ0n) is 11.1. The molecule has 0 bridgehead atoms. The van der Waals surface area contributed by atoms with E-state index in [1.165, 1.54) is 9.78 Å². The van der Waals surface area contributed by atoms with Crippen molar-refractivity contribution >= 4 is 50.5 Å². The second-order valence-corrected chi connectivity index (χ2v) is 6.70. The molecule has 0 aliphatic carbocycles. The summed E-state index contributed by atoms with van der Waals surface area (Å²) in [6.07, 6.45) is 0. The summed E-state index contributed by atoms with van der Waals surface area (Å²) in [5.41, 5.74) is 1.38. The molecule has 106 valence electrons. The van der Waals surface area contributed by atoms with E-state index in [4.69, 9.17) is 11.6 Å². The Balaban J connectivity index is 2.15. The Kier molecular flexibility index (Phi) is 5.07. The highest BCUT2D eigenvalue weighted by atomic mass is 79.9. The summed E-state index contributed by atoms with van der Waals surface area (Å²) in [5.74, 6) is -0.101. The standard InChI is InChI=1S/C14H14BrClN2OS/c1-18(2)14(19)10-7-9(3-4-12(10)16)17-8-13-11(15)5-6-20-13/h3-7,17H,8H2,1-2H3. The summed E-state index contributed by atoms with van der Waals surface area (Å²) in [6.45, 7) is 0.704. The van der Waals surface area contributed by atoms with Gasteiger partial charge in [-0.25, -0.2) is 0 Å². The van der Waals surface area contributed by atoms with Crippen molar-refractivity contribution in [2.75, 3.05) is 19.4 Å². The molecule has 1 aromatic heterocycles. The van der Waals surface area contributed by atoms with E-state index in [2.05, 4.69) is 21.2 Å². The third-order valence-electron chi connectivity index (χ3n) is 2.75. The molecule has 1 aromatic carbocycles. The molecule has 0 saturated carbocycles. The van der Waals surface area contributed by atoms with E-state index in [9.17, 15) is 4.79 Å². The lowest BCUT2D eigenvalue weighted by Gasteiger charge is -2.13. The summed E-state index contributed by atoms with van der Waals surface area (Å²) in [5, 5.41) is 5.80. The number of anilines is 1. The van der Waals surface area contributed by atoms with Crippen LogP contribution in [0.3, 0.4) is 0 Å². The Bertz CT molecular complexity index is 627. The number of hydrogen-bond acceptors (Lipinski definition) is 3. The number of hydrogen-bond donors (Lipinski definition) is 1. The summed E-state index contributed by atoms with van der Waals surface area (Å²) in [4.78, 5) is 14.7. The van der Waals surface area contributed by atoms with Crippen LogP contribution in [0.5, 0.6) is 0 Å². The van der Waals surface area contributed by atoms with Gasteiger partial charge in [-0.3, -0.25) is 4.79 Å². The van der Waals surface area contributed by atoms with Gasteiger partial charge in [0.25, 0.3) is 5.91 Å². The van der Waals surface area contributed by atoms with Crippen LogP contribution in [-0.2, 0) is 6.54 Å². The van der Waals surface area contributed by atoms with Crippen molar-refractivity contribution in [3.8, 4) is 0 Å². The van der Waals surface area contributed by atoms with Crippen molar-refractivity contribution in [1.82, 2.24) is 4.90 Å². The van der Waals surface area contributed by atoms with Gasteiger partial charge in [0.1, 0.15) is 0 Å². The van der Waals surface area contributed by atoms with E-state index in [1.54, 1.807) is 37.6 Å². The van der Waals surface area contributed by atoms with E-state index in [0.717, 1.165) is 10.2 Å². The van der Waals surface area contributed by atoms with Crippen molar-refractivity contribution in [3.05, 3.63) is 49.6 Å². The summed E-state index contributed by atoms with van der Waals surface area (Å²) >= 11 is 11.3. The maximum atomic E-state index is 12.0. The van der Waals surface area contributed by atoms with Crippen molar-refractivity contribution in [2.24, 2.45) is 0 Å². The molecule has 0 radical (unpaired) electrons. The van der Waals surface area contributed by atoms with Gasteiger partial charge in [0.15, 0.2) is 0 Å². The predicted octanol–water partition coefficient (Wildman–Crippen LogP) is 4.48. The minimum Gasteiger partial charge on any atom is -0.380 e. The van der Waals surface area contributed by atoms with Crippen LogP contribution in [0, 0.1) is 0 Å². The fourth-order valence-electron chi connectivity index (χ4n) is 1.67. The first kappa shape index (κ1) is 15.4. The van der Waals surface area contributed by atoms with E-state index in [1.807, 2.05) is 17.5 Å². The molecular weight excluding hydrogens is 360 g/mol. The molecule has 0 fully saturated rings. The minimum atomic E-state index is -0.101. The normalized spacial score (nSPS) is 10.4. The average molecular weight is 374 g/mol. The highest BCUT2D eigenvalue weighted by molar-refractivity contribution is 9.10. The number of benzene rings is 1. The van der Waals surface area contributed by atoms with Crippen LogP contribution in [0.15, 0.2) is 34.1 Å². The first-order chi connectivity index (χ1) is 9.49. The van der Waals surface area contributed by atoms with Crippen molar-refractivity contribution in [1.29, 1.82) is 0 Å². The number of thiophene rings is 1. The maximum Gasteiger partial charge on any atom is 0.254 e. The molecule has 6 heteroatoms. The van der Waals surface area contributed by atoms with Crippen LogP contribution in [0.4, 0.5) is 5.69 Å². The van der Waals surface area contributed by atoms with Crippen LogP contribution in [-0.4, -0.2) is 24.9 Å². The molecule has 0 aliphatic heterocycles. The van der Waals surface area contributed by atoms with Gasteiger partial charge in [0, 0.05) is 29.1 Å². The average Bonchev–Trinajstić information content (AvgIpc) is 2.82. The molecule has 0 atom stereocenters. The smallest absolute Gasteiger partial charge is 0.254 e. The van der Waals surface area contributed by atoms with Gasteiger partial charge < -0.3 is 10.2 Å². The lowest BCUT2D eigenvalue weighted by atomic mass is 10.1. The number of nitrogens with one attached hydrogen (secondary N) is 1. The molecule has 0 unspecified atom stereocenters. The van der Waals surface area contributed by atoms with Crippen LogP contribution in [0.2, 0.25) is 5.02 Å². The molecule has 2 aromatic rings.